The standard InChI is InChI=1S/C15H21N3O2S/c1-3-7-17-15(2,14(19)20)6-9-18-10-8-16-13(18)12-5-4-11-21-12/h4-5,8,10-11,17H,3,6-7,9H2,1-2H3,(H,19,20). The number of hydrogen-bond acceptors (Lipinski definition) is 4. The molecule has 21 heavy (non-hydrogen) atoms. The fourth-order valence-electron chi connectivity index (χ4n) is 2.14. The summed E-state index contributed by atoms with van der Waals surface area (Å²) in [5.74, 6) is 0.0852. The molecule has 0 aliphatic rings. The van der Waals surface area contributed by atoms with Crippen molar-refractivity contribution >= 4 is 17.3 Å². The highest BCUT2D eigenvalue weighted by Crippen LogP contribution is 2.24. The minimum absolute atomic E-state index is 0.511. The number of carbonyl (C=O) groups is 1. The van der Waals surface area contributed by atoms with Gasteiger partial charge in [0.15, 0.2) is 0 Å². The second-order valence-corrected chi connectivity index (χ2v) is 6.18. The molecule has 0 amide bonds. The van der Waals surface area contributed by atoms with Crippen molar-refractivity contribution in [2.75, 3.05) is 6.54 Å². The summed E-state index contributed by atoms with van der Waals surface area (Å²) < 4.78 is 2.01. The van der Waals surface area contributed by atoms with E-state index in [0.29, 0.717) is 19.5 Å². The molecule has 0 saturated carbocycles. The Hall–Kier alpha value is -1.66. The Kier molecular flexibility index (Phi) is 5.14. The summed E-state index contributed by atoms with van der Waals surface area (Å²) in [7, 11) is 0. The summed E-state index contributed by atoms with van der Waals surface area (Å²) in [6, 6.07) is 4.01. The highest BCUT2D eigenvalue weighted by molar-refractivity contribution is 7.13. The third-order valence-corrected chi connectivity index (χ3v) is 4.41. The van der Waals surface area contributed by atoms with Gasteiger partial charge in [0.05, 0.1) is 4.88 Å². The van der Waals surface area contributed by atoms with Crippen molar-refractivity contribution in [2.45, 2.75) is 38.8 Å². The van der Waals surface area contributed by atoms with E-state index < -0.39 is 11.5 Å². The molecule has 1 atom stereocenters. The quantitative estimate of drug-likeness (QED) is 0.787. The van der Waals surface area contributed by atoms with E-state index >= 15 is 0 Å². The fraction of sp³-hybridized carbons (Fsp3) is 0.467. The molecule has 0 radical (unpaired) electrons. The number of aryl methyl sites for hydroxylation is 1. The lowest BCUT2D eigenvalue weighted by Gasteiger charge is -2.26. The van der Waals surface area contributed by atoms with E-state index in [9.17, 15) is 9.90 Å². The largest absolute Gasteiger partial charge is 0.480 e. The number of rotatable bonds is 8. The Morgan fingerprint density at radius 2 is 2.38 bits per heavy atom. The van der Waals surface area contributed by atoms with Crippen molar-refractivity contribution < 1.29 is 9.90 Å². The second-order valence-electron chi connectivity index (χ2n) is 5.24. The average molecular weight is 307 g/mol. The number of carboxylic acids is 1. The van der Waals surface area contributed by atoms with Gasteiger partial charge in [0.1, 0.15) is 11.4 Å². The molecule has 0 bridgehead atoms. The van der Waals surface area contributed by atoms with Gasteiger partial charge in [-0.25, -0.2) is 4.98 Å². The lowest BCUT2D eigenvalue weighted by molar-refractivity contribution is -0.144. The van der Waals surface area contributed by atoms with Gasteiger partial charge in [-0.1, -0.05) is 13.0 Å². The molecule has 2 heterocycles. The van der Waals surface area contributed by atoms with Crippen LogP contribution in [0, 0.1) is 0 Å². The van der Waals surface area contributed by atoms with Crippen LogP contribution in [-0.2, 0) is 11.3 Å². The number of nitrogens with zero attached hydrogens (tertiary/aromatic N) is 2. The number of aliphatic carboxylic acids is 1. The molecule has 2 N–H and O–H groups in total. The lowest BCUT2D eigenvalue weighted by atomic mass is 9.97. The summed E-state index contributed by atoms with van der Waals surface area (Å²) in [5.41, 5.74) is -0.910. The van der Waals surface area contributed by atoms with Crippen LogP contribution in [-0.4, -0.2) is 32.7 Å². The van der Waals surface area contributed by atoms with Crippen LogP contribution in [0.5, 0.6) is 0 Å². The Labute approximate surface area is 128 Å². The molecule has 0 aliphatic carbocycles. The second kappa shape index (κ2) is 6.87. The normalized spacial score (nSPS) is 14.0. The Bertz CT molecular complexity index is 580. The topological polar surface area (TPSA) is 67.2 Å². The molecule has 1 unspecified atom stereocenters. The third-order valence-electron chi connectivity index (χ3n) is 3.55. The predicted molar refractivity (Wildman–Crippen MR) is 84.5 cm³/mol. The molecule has 2 aromatic rings. The molecule has 2 aromatic heterocycles. The predicted octanol–water partition coefficient (Wildman–Crippen LogP) is 2.84. The SMILES string of the molecule is CCCNC(C)(CCn1ccnc1-c1cccs1)C(=O)O. The van der Waals surface area contributed by atoms with Crippen LogP contribution in [0.3, 0.4) is 0 Å². The van der Waals surface area contributed by atoms with E-state index in [1.807, 2.05) is 35.2 Å². The monoisotopic (exact) mass is 307 g/mol. The molecule has 0 aliphatic heterocycles. The summed E-state index contributed by atoms with van der Waals surface area (Å²) in [6.45, 7) is 5.09. The fourth-order valence-corrected chi connectivity index (χ4v) is 2.87. The van der Waals surface area contributed by atoms with Crippen molar-refractivity contribution in [3.8, 4) is 10.7 Å². The van der Waals surface area contributed by atoms with Crippen molar-refractivity contribution in [1.29, 1.82) is 0 Å². The van der Waals surface area contributed by atoms with E-state index in [1.54, 1.807) is 24.5 Å². The first-order valence-electron chi connectivity index (χ1n) is 7.10. The van der Waals surface area contributed by atoms with Crippen LogP contribution in [0.4, 0.5) is 0 Å². The Morgan fingerprint density at radius 1 is 1.57 bits per heavy atom. The third kappa shape index (κ3) is 3.71. The van der Waals surface area contributed by atoms with Crippen molar-refractivity contribution in [1.82, 2.24) is 14.9 Å². The minimum Gasteiger partial charge on any atom is -0.480 e. The number of aromatic nitrogens is 2. The number of nitrogens with one attached hydrogen (secondary N) is 1. The van der Waals surface area contributed by atoms with E-state index in [-0.39, 0.29) is 0 Å². The van der Waals surface area contributed by atoms with Crippen LogP contribution in [0.15, 0.2) is 29.9 Å². The van der Waals surface area contributed by atoms with Gasteiger partial charge in [0.25, 0.3) is 0 Å². The summed E-state index contributed by atoms with van der Waals surface area (Å²) in [6.07, 6.45) is 5.08. The summed E-state index contributed by atoms with van der Waals surface area (Å²) in [5, 5.41) is 14.6. The molecular weight excluding hydrogens is 286 g/mol. The van der Waals surface area contributed by atoms with Gasteiger partial charge < -0.3 is 15.0 Å². The maximum Gasteiger partial charge on any atom is 0.323 e. The number of hydrogen-bond donors (Lipinski definition) is 2. The first-order chi connectivity index (χ1) is 10.1. The summed E-state index contributed by atoms with van der Waals surface area (Å²) in [4.78, 5) is 17.0. The Morgan fingerprint density at radius 3 is 3.00 bits per heavy atom. The Balaban J connectivity index is 2.08. The lowest BCUT2D eigenvalue weighted by Crippen LogP contribution is -2.50. The molecule has 2 rings (SSSR count). The van der Waals surface area contributed by atoms with Gasteiger partial charge in [-0.2, -0.15) is 0 Å². The van der Waals surface area contributed by atoms with Gasteiger partial charge in [-0.15, -0.1) is 11.3 Å². The van der Waals surface area contributed by atoms with Crippen LogP contribution < -0.4 is 5.32 Å². The van der Waals surface area contributed by atoms with Crippen LogP contribution in [0.25, 0.3) is 10.7 Å². The van der Waals surface area contributed by atoms with Crippen molar-refractivity contribution in [3.63, 3.8) is 0 Å². The van der Waals surface area contributed by atoms with Crippen LogP contribution >= 0.6 is 11.3 Å². The molecule has 5 nitrogen and oxygen atoms in total. The smallest absolute Gasteiger partial charge is 0.323 e. The zero-order valence-corrected chi connectivity index (χ0v) is 13.2. The van der Waals surface area contributed by atoms with Gasteiger partial charge in [0.2, 0.25) is 0 Å². The zero-order valence-electron chi connectivity index (χ0n) is 12.4. The number of imidazole rings is 1. The maximum atomic E-state index is 11.5. The zero-order chi connectivity index (χ0) is 15.3. The average Bonchev–Trinajstić information content (AvgIpc) is 3.12. The van der Waals surface area contributed by atoms with Crippen LogP contribution in [0.1, 0.15) is 26.7 Å². The van der Waals surface area contributed by atoms with Gasteiger partial charge in [0, 0.05) is 18.9 Å². The molecule has 0 fully saturated rings. The summed E-state index contributed by atoms with van der Waals surface area (Å²) >= 11 is 1.63. The first kappa shape index (κ1) is 15.7. The number of thiophene rings is 1. The van der Waals surface area contributed by atoms with E-state index in [2.05, 4.69) is 10.3 Å². The maximum absolute atomic E-state index is 11.5. The highest BCUT2D eigenvalue weighted by atomic mass is 32.1. The van der Waals surface area contributed by atoms with Gasteiger partial charge in [-0.3, -0.25) is 4.79 Å². The molecule has 0 spiro atoms. The number of carboxylic acid groups (broad SMARTS) is 1. The van der Waals surface area contributed by atoms with E-state index in [4.69, 9.17) is 0 Å². The van der Waals surface area contributed by atoms with Crippen molar-refractivity contribution in [3.05, 3.63) is 29.9 Å². The molecule has 0 saturated heterocycles. The minimum atomic E-state index is -0.910. The molecule has 0 aromatic carbocycles. The van der Waals surface area contributed by atoms with Crippen LogP contribution in [0.2, 0.25) is 0 Å². The molecular formula is C15H21N3O2S. The first-order valence-corrected chi connectivity index (χ1v) is 7.98. The highest BCUT2D eigenvalue weighted by Gasteiger charge is 2.32. The van der Waals surface area contributed by atoms with Gasteiger partial charge >= 0.3 is 5.97 Å². The van der Waals surface area contributed by atoms with Gasteiger partial charge in [-0.05, 0) is 37.8 Å². The van der Waals surface area contributed by atoms with E-state index in [0.717, 1.165) is 17.1 Å². The molecule has 114 valence electrons. The van der Waals surface area contributed by atoms with Crippen molar-refractivity contribution in [2.24, 2.45) is 0 Å². The van der Waals surface area contributed by atoms with E-state index in [1.165, 1.54) is 0 Å². The molecule has 6 heteroatoms.